The van der Waals surface area contributed by atoms with Crippen LogP contribution in [0.2, 0.25) is 5.02 Å². The molecule has 0 radical (unpaired) electrons. The van der Waals surface area contributed by atoms with Gasteiger partial charge in [0.1, 0.15) is 5.75 Å². The number of ether oxygens (including phenoxy) is 2. The SMILES string of the molecule is Cc1cc(OCC(=O)Nc2ccc(S(=O)(=O)N3C[C@@H](C)O[C@H](C)C3)cc2)ccc1Cl. The second kappa shape index (κ2) is 9.34. The van der Waals surface area contributed by atoms with E-state index in [-0.39, 0.29) is 29.6 Å². The highest BCUT2D eigenvalue weighted by molar-refractivity contribution is 7.89. The van der Waals surface area contributed by atoms with E-state index in [1.165, 1.54) is 16.4 Å². The Balaban J connectivity index is 1.59. The van der Waals surface area contributed by atoms with E-state index in [2.05, 4.69) is 5.32 Å². The van der Waals surface area contributed by atoms with E-state index in [1.54, 1.807) is 30.3 Å². The average Bonchev–Trinajstić information content (AvgIpc) is 2.68. The molecule has 2 atom stereocenters. The predicted octanol–water partition coefficient (Wildman–Crippen LogP) is 3.46. The quantitative estimate of drug-likeness (QED) is 0.725. The molecular formula is C21H25ClN2O5S. The molecule has 0 unspecified atom stereocenters. The molecule has 1 heterocycles. The van der Waals surface area contributed by atoms with Crippen molar-refractivity contribution in [1.82, 2.24) is 4.31 Å². The van der Waals surface area contributed by atoms with E-state index in [0.717, 1.165) is 5.56 Å². The Hall–Kier alpha value is -2.13. The van der Waals surface area contributed by atoms with Crippen LogP contribution in [0.5, 0.6) is 5.75 Å². The Labute approximate surface area is 182 Å². The third kappa shape index (κ3) is 5.51. The molecule has 2 aromatic carbocycles. The van der Waals surface area contributed by atoms with Gasteiger partial charge in [-0.15, -0.1) is 0 Å². The maximum absolute atomic E-state index is 12.9. The van der Waals surface area contributed by atoms with Crippen LogP contribution in [0.25, 0.3) is 0 Å². The molecule has 0 aliphatic carbocycles. The summed E-state index contributed by atoms with van der Waals surface area (Å²) >= 11 is 5.97. The molecule has 1 amide bonds. The largest absolute Gasteiger partial charge is 0.484 e. The topological polar surface area (TPSA) is 84.9 Å². The smallest absolute Gasteiger partial charge is 0.262 e. The van der Waals surface area contributed by atoms with Gasteiger partial charge in [0.05, 0.1) is 17.1 Å². The number of carbonyl (C=O) groups excluding carboxylic acids is 1. The Morgan fingerprint density at radius 1 is 1.17 bits per heavy atom. The fourth-order valence-corrected chi connectivity index (χ4v) is 4.95. The summed E-state index contributed by atoms with van der Waals surface area (Å²) in [4.78, 5) is 12.3. The zero-order valence-corrected chi connectivity index (χ0v) is 18.7. The van der Waals surface area contributed by atoms with Gasteiger partial charge in [0, 0.05) is 23.8 Å². The molecule has 2 aromatic rings. The summed E-state index contributed by atoms with van der Waals surface area (Å²) in [6.07, 6.45) is -0.321. The first-order valence-electron chi connectivity index (χ1n) is 9.59. The lowest BCUT2D eigenvalue weighted by molar-refractivity contribution is -0.118. The third-order valence-electron chi connectivity index (χ3n) is 4.66. The van der Waals surface area contributed by atoms with Crippen LogP contribution in [0.3, 0.4) is 0 Å². The van der Waals surface area contributed by atoms with Crippen LogP contribution in [0.4, 0.5) is 5.69 Å². The van der Waals surface area contributed by atoms with Crippen molar-refractivity contribution in [3.63, 3.8) is 0 Å². The number of sulfonamides is 1. The van der Waals surface area contributed by atoms with Crippen molar-refractivity contribution in [3.8, 4) is 5.75 Å². The zero-order valence-electron chi connectivity index (χ0n) is 17.1. The zero-order chi connectivity index (χ0) is 21.9. The van der Waals surface area contributed by atoms with E-state index in [0.29, 0.717) is 29.5 Å². The van der Waals surface area contributed by atoms with Crippen molar-refractivity contribution in [2.45, 2.75) is 37.9 Å². The van der Waals surface area contributed by atoms with Crippen LogP contribution < -0.4 is 10.1 Å². The fourth-order valence-electron chi connectivity index (χ4n) is 3.24. The lowest BCUT2D eigenvalue weighted by Gasteiger charge is -2.34. The first-order valence-corrected chi connectivity index (χ1v) is 11.4. The summed E-state index contributed by atoms with van der Waals surface area (Å²) in [6.45, 7) is 6.00. The van der Waals surface area contributed by atoms with Gasteiger partial charge in [-0.2, -0.15) is 4.31 Å². The Kier molecular flexibility index (Phi) is 7.02. The van der Waals surface area contributed by atoms with Crippen molar-refractivity contribution in [2.24, 2.45) is 0 Å². The minimum atomic E-state index is -3.62. The number of rotatable bonds is 6. The second-order valence-corrected chi connectivity index (χ2v) is 9.70. The van der Waals surface area contributed by atoms with E-state index in [1.807, 2.05) is 20.8 Å². The molecular weight excluding hydrogens is 428 g/mol. The Bertz CT molecular complexity index is 1000. The molecule has 9 heteroatoms. The summed E-state index contributed by atoms with van der Waals surface area (Å²) in [5.74, 6) is 0.191. The molecule has 0 spiro atoms. The Morgan fingerprint density at radius 2 is 1.80 bits per heavy atom. The van der Waals surface area contributed by atoms with Crippen molar-refractivity contribution >= 4 is 33.2 Å². The third-order valence-corrected chi connectivity index (χ3v) is 6.93. The molecule has 162 valence electrons. The van der Waals surface area contributed by atoms with Gasteiger partial charge in [-0.05, 0) is 68.8 Å². The fraction of sp³-hybridized carbons (Fsp3) is 0.381. The number of anilines is 1. The van der Waals surface area contributed by atoms with E-state index < -0.39 is 10.0 Å². The number of benzene rings is 2. The highest BCUT2D eigenvalue weighted by Gasteiger charge is 2.32. The summed E-state index contributed by atoms with van der Waals surface area (Å²) in [5, 5.41) is 3.32. The molecule has 0 aromatic heterocycles. The number of nitrogens with zero attached hydrogens (tertiary/aromatic N) is 1. The number of aryl methyl sites for hydroxylation is 1. The van der Waals surface area contributed by atoms with Crippen LogP contribution in [0.1, 0.15) is 19.4 Å². The maximum atomic E-state index is 12.9. The maximum Gasteiger partial charge on any atom is 0.262 e. The number of halogens is 1. The first-order chi connectivity index (χ1) is 14.1. The predicted molar refractivity (Wildman–Crippen MR) is 116 cm³/mol. The molecule has 3 rings (SSSR count). The van der Waals surface area contributed by atoms with Crippen molar-refractivity contribution in [1.29, 1.82) is 0 Å². The number of carbonyl (C=O) groups is 1. The van der Waals surface area contributed by atoms with Gasteiger partial charge in [-0.25, -0.2) is 8.42 Å². The van der Waals surface area contributed by atoms with Crippen molar-refractivity contribution in [3.05, 3.63) is 53.1 Å². The molecule has 0 saturated carbocycles. The normalized spacial score (nSPS) is 20.0. The second-order valence-electron chi connectivity index (χ2n) is 7.35. The first kappa shape index (κ1) is 22.6. The van der Waals surface area contributed by atoms with Gasteiger partial charge in [-0.3, -0.25) is 4.79 Å². The van der Waals surface area contributed by atoms with Crippen LogP contribution in [-0.2, 0) is 19.6 Å². The minimum Gasteiger partial charge on any atom is -0.484 e. The molecule has 1 saturated heterocycles. The molecule has 7 nitrogen and oxygen atoms in total. The van der Waals surface area contributed by atoms with Crippen LogP contribution >= 0.6 is 11.6 Å². The Morgan fingerprint density at radius 3 is 2.40 bits per heavy atom. The average molecular weight is 453 g/mol. The minimum absolute atomic E-state index is 0.161. The van der Waals surface area contributed by atoms with E-state index >= 15 is 0 Å². The molecule has 1 aliphatic rings. The number of hydrogen-bond donors (Lipinski definition) is 1. The molecule has 1 aliphatic heterocycles. The van der Waals surface area contributed by atoms with Crippen molar-refractivity contribution < 1.29 is 22.7 Å². The lowest BCUT2D eigenvalue weighted by atomic mass is 10.2. The summed E-state index contributed by atoms with van der Waals surface area (Å²) in [6, 6.07) is 11.2. The summed E-state index contributed by atoms with van der Waals surface area (Å²) < 4.78 is 38.3. The van der Waals surface area contributed by atoms with Crippen LogP contribution in [0.15, 0.2) is 47.4 Å². The molecule has 1 N–H and O–H groups in total. The van der Waals surface area contributed by atoms with Gasteiger partial charge < -0.3 is 14.8 Å². The van der Waals surface area contributed by atoms with E-state index in [9.17, 15) is 13.2 Å². The van der Waals surface area contributed by atoms with Gasteiger partial charge in [0.2, 0.25) is 10.0 Å². The molecule has 30 heavy (non-hydrogen) atoms. The lowest BCUT2D eigenvalue weighted by Crippen LogP contribution is -2.48. The van der Waals surface area contributed by atoms with E-state index in [4.69, 9.17) is 21.1 Å². The number of hydrogen-bond acceptors (Lipinski definition) is 5. The van der Waals surface area contributed by atoms with Gasteiger partial charge in [0.15, 0.2) is 6.61 Å². The molecule has 1 fully saturated rings. The highest BCUT2D eigenvalue weighted by atomic mass is 35.5. The standard InChI is InChI=1S/C21H25ClN2O5S/c1-14-10-18(6-9-20(14)22)28-13-21(25)23-17-4-7-19(8-5-17)30(26,27)24-11-15(2)29-16(3)12-24/h4-10,15-16H,11-13H2,1-3H3,(H,23,25)/t15-,16-/m1/s1. The van der Waals surface area contributed by atoms with Crippen LogP contribution in [-0.4, -0.2) is 50.5 Å². The number of amides is 1. The van der Waals surface area contributed by atoms with Crippen molar-refractivity contribution in [2.75, 3.05) is 25.0 Å². The van der Waals surface area contributed by atoms with Gasteiger partial charge in [-0.1, -0.05) is 11.6 Å². The van der Waals surface area contributed by atoms with Gasteiger partial charge >= 0.3 is 0 Å². The number of morpholine rings is 1. The monoisotopic (exact) mass is 452 g/mol. The molecule has 0 bridgehead atoms. The summed E-state index contributed by atoms with van der Waals surface area (Å²) in [5.41, 5.74) is 1.34. The summed E-state index contributed by atoms with van der Waals surface area (Å²) in [7, 11) is -3.62. The van der Waals surface area contributed by atoms with Crippen LogP contribution in [0, 0.1) is 6.92 Å². The number of nitrogens with one attached hydrogen (secondary N) is 1. The van der Waals surface area contributed by atoms with Gasteiger partial charge in [0.25, 0.3) is 5.91 Å². The highest BCUT2D eigenvalue weighted by Crippen LogP contribution is 2.23.